The van der Waals surface area contributed by atoms with Gasteiger partial charge in [0.2, 0.25) is 0 Å². The third-order valence-electron chi connectivity index (χ3n) is 7.82. The molecule has 194 valence electrons. The van der Waals surface area contributed by atoms with Crippen molar-refractivity contribution in [2.75, 3.05) is 0 Å². The van der Waals surface area contributed by atoms with Crippen LogP contribution in [0.3, 0.4) is 0 Å². The number of rotatable bonds is 17. The van der Waals surface area contributed by atoms with Crippen LogP contribution in [-0.4, -0.2) is 8.07 Å². The molecular weight excluding hydrogens is 460 g/mol. The summed E-state index contributed by atoms with van der Waals surface area (Å²) in [7, 11) is -2.22. The van der Waals surface area contributed by atoms with E-state index in [9.17, 15) is 0 Å². The Morgan fingerprint density at radius 1 is 0.459 bits per heavy atom. The van der Waals surface area contributed by atoms with E-state index in [0.29, 0.717) is 0 Å². The Balaban J connectivity index is 1.88. The van der Waals surface area contributed by atoms with Gasteiger partial charge in [0.25, 0.3) is 0 Å². The SMILES string of the molecule is C=Cc1ccc([Si](CCCCCCCCCCCC)(c2ccc(C=C)cc2)c2ccc(C=C)cc2)cc1. The second-order valence-corrected chi connectivity index (χ2v) is 14.4. The summed E-state index contributed by atoms with van der Waals surface area (Å²) in [5, 5.41) is 4.44. The van der Waals surface area contributed by atoms with Gasteiger partial charge in [-0.25, -0.2) is 0 Å². The molecular formula is C36H46Si. The Morgan fingerprint density at radius 2 is 0.757 bits per heavy atom. The van der Waals surface area contributed by atoms with E-state index in [1.807, 2.05) is 18.2 Å². The van der Waals surface area contributed by atoms with Crippen LogP contribution in [0.1, 0.15) is 87.8 Å². The molecule has 37 heavy (non-hydrogen) atoms. The van der Waals surface area contributed by atoms with Crippen molar-refractivity contribution in [3.63, 3.8) is 0 Å². The van der Waals surface area contributed by atoms with Crippen molar-refractivity contribution < 1.29 is 0 Å². The van der Waals surface area contributed by atoms with Crippen LogP contribution in [-0.2, 0) is 0 Å². The molecule has 0 bridgehead atoms. The molecule has 0 aliphatic rings. The summed E-state index contributed by atoms with van der Waals surface area (Å²) >= 11 is 0. The highest BCUT2D eigenvalue weighted by Gasteiger charge is 2.38. The predicted molar refractivity (Wildman–Crippen MR) is 171 cm³/mol. The van der Waals surface area contributed by atoms with Crippen molar-refractivity contribution in [2.45, 2.75) is 77.2 Å². The maximum Gasteiger partial charge on any atom is 0.148 e. The van der Waals surface area contributed by atoms with E-state index in [0.717, 1.165) is 0 Å². The first-order valence-electron chi connectivity index (χ1n) is 14.4. The first kappa shape index (κ1) is 28.7. The smallest absolute Gasteiger partial charge is 0.0985 e. The van der Waals surface area contributed by atoms with Gasteiger partial charge in [0, 0.05) is 0 Å². The molecule has 0 aromatic heterocycles. The van der Waals surface area contributed by atoms with Crippen LogP contribution in [0.5, 0.6) is 0 Å². The lowest BCUT2D eigenvalue weighted by atomic mass is 10.1. The Kier molecular flexibility index (Phi) is 11.9. The number of benzene rings is 3. The Hall–Kier alpha value is -2.90. The van der Waals surface area contributed by atoms with Crippen LogP contribution in [0.25, 0.3) is 18.2 Å². The summed E-state index contributed by atoms with van der Waals surface area (Å²) in [4.78, 5) is 0. The molecule has 0 nitrogen and oxygen atoms in total. The van der Waals surface area contributed by atoms with E-state index in [2.05, 4.69) is 99.5 Å². The van der Waals surface area contributed by atoms with Crippen molar-refractivity contribution in [2.24, 2.45) is 0 Å². The van der Waals surface area contributed by atoms with Gasteiger partial charge in [0.15, 0.2) is 0 Å². The predicted octanol–water partition coefficient (Wildman–Crippen LogP) is 9.01. The highest BCUT2D eigenvalue weighted by Crippen LogP contribution is 2.20. The summed E-state index contributed by atoms with van der Waals surface area (Å²) in [5.41, 5.74) is 3.53. The minimum atomic E-state index is -2.22. The van der Waals surface area contributed by atoms with Crippen molar-refractivity contribution >= 4 is 41.9 Å². The highest BCUT2D eigenvalue weighted by molar-refractivity contribution is 7.11. The van der Waals surface area contributed by atoms with E-state index in [1.165, 1.54) is 103 Å². The van der Waals surface area contributed by atoms with Crippen LogP contribution >= 0.6 is 0 Å². The summed E-state index contributed by atoms with van der Waals surface area (Å²) in [5.74, 6) is 0. The number of hydrogen-bond donors (Lipinski definition) is 0. The van der Waals surface area contributed by atoms with Gasteiger partial charge in [-0.15, -0.1) is 0 Å². The molecule has 3 aromatic carbocycles. The van der Waals surface area contributed by atoms with Crippen molar-refractivity contribution in [1.29, 1.82) is 0 Å². The lowest BCUT2D eigenvalue weighted by Gasteiger charge is -2.34. The molecule has 0 unspecified atom stereocenters. The zero-order chi connectivity index (χ0) is 26.3. The summed E-state index contributed by atoms with van der Waals surface area (Å²) < 4.78 is 0. The highest BCUT2D eigenvalue weighted by atomic mass is 28.3. The van der Waals surface area contributed by atoms with Gasteiger partial charge < -0.3 is 0 Å². The van der Waals surface area contributed by atoms with Crippen LogP contribution in [0, 0.1) is 0 Å². The molecule has 1 heteroatoms. The molecule has 0 heterocycles. The second-order valence-electron chi connectivity index (χ2n) is 10.3. The first-order valence-corrected chi connectivity index (χ1v) is 16.6. The molecule has 0 saturated carbocycles. The molecule has 0 spiro atoms. The normalized spacial score (nSPS) is 11.3. The maximum atomic E-state index is 3.98. The standard InChI is InChI=1S/C36H46Si/c1-5-9-10-11-12-13-14-15-16-17-30-37(34-24-18-31(6-2)19-25-34,35-26-20-32(7-3)21-27-35)36-28-22-33(8-4)23-29-36/h6-8,18-29H,2-5,9-17,30H2,1H3. The zero-order valence-corrected chi connectivity index (χ0v) is 24.1. The lowest BCUT2D eigenvalue weighted by molar-refractivity contribution is 0.562. The molecule has 0 amide bonds. The van der Waals surface area contributed by atoms with E-state index < -0.39 is 8.07 Å². The molecule has 3 aromatic rings. The summed E-state index contributed by atoms with van der Waals surface area (Å²) in [6.45, 7) is 14.2. The molecule has 0 N–H and O–H groups in total. The number of hydrogen-bond acceptors (Lipinski definition) is 0. The van der Waals surface area contributed by atoms with Gasteiger partial charge in [0.05, 0.1) is 0 Å². The summed E-state index contributed by atoms with van der Waals surface area (Å²) in [6, 6.07) is 28.8. The fourth-order valence-corrected chi connectivity index (χ4v) is 10.4. The molecule has 0 aliphatic heterocycles. The molecule has 0 atom stereocenters. The third kappa shape index (κ3) is 7.79. The first-order chi connectivity index (χ1) is 18.2. The van der Waals surface area contributed by atoms with Crippen LogP contribution < -0.4 is 15.6 Å². The van der Waals surface area contributed by atoms with Crippen molar-refractivity contribution in [3.8, 4) is 0 Å². The van der Waals surface area contributed by atoms with Gasteiger partial charge >= 0.3 is 0 Å². The fourth-order valence-electron chi connectivity index (χ4n) is 5.52. The fraction of sp³-hybridized carbons (Fsp3) is 0.333. The molecule has 0 aliphatic carbocycles. The average Bonchev–Trinajstić information content (AvgIpc) is 2.96. The summed E-state index contributed by atoms with van der Waals surface area (Å²) in [6.07, 6.45) is 19.4. The van der Waals surface area contributed by atoms with E-state index in [-0.39, 0.29) is 0 Å². The van der Waals surface area contributed by atoms with Gasteiger partial charge in [-0.3, -0.25) is 0 Å². The topological polar surface area (TPSA) is 0 Å². The molecule has 3 rings (SSSR count). The van der Waals surface area contributed by atoms with Gasteiger partial charge in [-0.05, 0) is 38.3 Å². The minimum Gasteiger partial charge on any atom is -0.0985 e. The largest absolute Gasteiger partial charge is 0.148 e. The van der Waals surface area contributed by atoms with Crippen molar-refractivity contribution in [1.82, 2.24) is 0 Å². The van der Waals surface area contributed by atoms with Crippen LogP contribution in [0.15, 0.2) is 92.5 Å². The Bertz CT molecular complexity index is 962. The second kappa shape index (κ2) is 15.4. The number of unbranched alkanes of at least 4 members (excludes halogenated alkanes) is 9. The molecule has 0 saturated heterocycles. The van der Waals surface area contributed by atoms with Gasteiger partial charge in [-0.1, -0.05) is 182 Å². The monoisotopic (exact) mass is 506 g/mol. The average molecular weight is 507 g/mol. The third-order valence-corrected chi connectivity index (χ3v) is 12.9. The van der Waals surface area contributed by atoms with Crippen LogP contribution in [0.2, 0.25) is 6.04 Å². The van der Waals surface area contributed by atoms with E-state index >= 15 is 0 Å². The Morgan fingerprint density at radius 3 is 1.05 bits per heavy atom. The maximum absolute atomic E-state index is 3.98. The minimum absolute atomic E-state index is 1.18. The zero-order valence-electron chi connectivity index (χ0n) is 23.1. The molecule has 0 radical (unpaired) electrons. The van der Waals surface area contributed by atoms with Gasteiger partial charge in [0.1, 0.15) is 8.07 Å². The van der Waals surface area contributed by atoms with E-state index in [4.69, 9.17) is 0 Å². The lowest BCUT2D eigenvalue weighted by Crippen LogP contribution is -2.67. The van der Waals surface area contributed by atoms with E-state index in [1.54, 1.807) is 0 Å². The molecule has 0 fully saturated rings. The Labute approximate surface area is 227 Å². The van der Waals surface area contributed by atoms with Crippen molar-refractivity contribution in [3.05, 3.63) is 109 Å². The van der Waals surface area contributed by atoms with Gasteiger partial charge in [-0.2, -0.15) is 0 Å². The quantitative estimate of drug-likeness (QED) is 0.0973. The van der Waals surface area contributed by atoms with Crippen LogP contribution in [0.4, 0.5) is 0 Å².